The molecule has 0 aliphatic carbocycles. The molecule has 1 heterocycles. The summed E-state index contributed by atoms with van der Waals surface area (Å²) >= 11 is 0. The Balaban J connectivity index is 3.15. The van der Waals surface area contributed by atoms with Crippen molar-refractivity contribution in [1.82, 2.24) is 9.80 Å². The molecule has 2 unspecified atom stereocenters. The highest BCUT2D eigenvalue weighted by molar-refractivity contribution is 7.87. The number of hydrogen-bond donors (Lipinski definition) is 0. The Kier molecular flexibility index (Phi) is 4.80. The molecular weight excluding hydrogens is 375 g/mol. The Morgan fingerprint density at radius 3 is 1.91 bits per heavy atom. The van der Waals surface area contributed by atoms with Crippen molar-refractivity contribution in [1.29, 1.82) is 0 Å². The minimum Gasteiger partial charge on any atom is -0.336 e. The predicted octanol–water partition coefficient (Wildman–Crippen LogP) is 2.35. The molecule has 1 aliphatic rings. The summed E-state index contributed by atoms with van der Waals surface area (Å²) in [7, 11) is -5.70. The number of nitrogens with zero attached hydrogens (tertiary/aromatic N) is 2. The van der Waals surface area contributed by atoms with Crippen molar-refractivity contribution in [2.45, 2.75) is 30.3 Å². The van der Waals surface area contributed by atoms with E-state index in [-0.39, 0.29) is 11.1 Å². The molecule has 1 aliphatic heterocycles. The largest absolute Gasteiger partial charge is 0.523 e. The lowest BCUT2D eigenvalue weighted by Crippen LogP contribution is -2.57. The van der Waals surface area contributed by atoms with Crippen LogP contribution < -0.4 is 0 Å². The fourth-order valence-corrected chi connectivity index (χ4v) is 1.94. The number of halogens is 9. The molecule has 0 N–H and O–H groups in total. The van der Waals surface area contributed by atoms with Crippen LogP contribution in [0.2, 0.25) is 0 Å². The molecule has 23 heavy (non-hydrogen) atoms. The Morgan fingerprint density at radius 1 is 1.04 bits per heavy atom. The molecule has 0 aromatic heterocycles. The Labute approximate surface area is 123 Å². The van der Waals surface area contributed by atoms with Crippen LogP contribution in [0.15, 0.2) is 12.4 Å². The van der Waals surface area contributed by atoms with Crippen molar-refractivity contribution in [2.24, 2.45) is 0 Å². The molecule has 15 heteroatoms. The first-order valence-electron chi connectivity index (χ1n) is 5.28. The summed E-state index contributed by atoms with van der Waals surface area (Å²) in [6, 6.07) is -5.43. The van der Waals surface area contributed by atoms with E-state index in [1.807, 2.05) is 0 Å². The van der Waals surface area contributed by atoms with Crippen LogP contribution in [0.5, 0.6) is 0 Å². The molecule has 0 aromatic carbocycles. The normalized spacial score (nSPS) is 21.9. The maximum absolute atomic E-state index is 13.5. The average molecular weight is 382 g/mol. The lowest BCUT2D eigenvalue weighted by atomic mass is 10.3. The summed E-state index contributed by atoms with van der Waals surface area (Å²) in [4.78, 5) is -0.644. The third kappa shape index (κ3) is 3.76. The maximum Gasteiger partial charge on any atom is 0.523 e. The predicted molar refractivity (Wildman–Crippen MR) is 54.5 cm³/mol. The average Bonchev–Trinajstić information content (AvgIpc) is 2.67. The quantitative estimate of drug-likeness (QED) is 0.323. The molecule has 0 spiro atoms. The van der Waals surface area contributed by atoms with Gasteiger partial charge >= 0.3 is 27.8 Å². The van der Waals surface area contributed by atoms with E-state index in [9.17, 15) is 47.9 Å². The zero-order valence-electron chi connectivity index (χ0n) is 10.7. The van der Waals surface area contributed by atoms with E-state index >= 15 is 0 Å². The SMILES string of the molecule is CN1C=CN(C(F)(F)C(F)C(F)(F)F)C1OS(=O)(=O)C(F)(F)F. The van der Waals surface area contributed by atoms with Crippen molar-refractivity contribution in [3.63, 3.8) is 0 Å². The molecule has 0 saturated heterocycles. The van der Waals surface area contributed by atoms with Crippen LogP contribution in [0, 0.1) is 0 Å². The van der Waals surface area contributed by atoms with Gasteiger partial charge in [0.15, 0.2) is 0 Å². The molecule has 0 bridgehead atoms. The molecule has 136 valence electrons. The summed E-state index contributed by atoms with van der Waals surface area (Å²) in [6.45, 7) is 0. The molecule has 5 nitrogen and oxygen atoms in total. The minimum atomic E-state index is -6.43. The first-order chi connectivity index (χ1) is 10.0. The van der Waals surface area contributed by atoms with Gasteiger partial charge in [0.05, 0.1) is 0 Å². The van der Waals surface area contributed by atoms with E-state index in [0.29, 0.717) is 6.20 Å². The fraction of sp³-hybridized carbons (Fsp3) is 0.750. The molecule has 0 amide bonds. The molecule has 0 saturated carbocycles. The lowest BCUT2D eigenvalue weighted by Gasteiger charge is -2.36. The van der Waals surface area contributed by atoms with Gasteiger partial charge < -0.3 is 4.90 Å². The number of alkyl halides is 9. The van der Waals surface area contributed by atoms with Crippen molar-refractivity contribution in [3.05, 3.63) is 12.4 Å². The van der Waals surface area contributed by atoms with Crippen molar-refractivity contribution < 1.29 is 52.1 Å². The van der Waals surface area contributed by atoms with Crippen LogP contribution in [0.3, 0.4) is 0 Å². The second-order valence-electron chi connectivity index (χ2n) is 4.19. The number of hydrogen-bond acceptors (Lipinski definition) is 5. The van der Waals surface area contributed by atoms with Gasteiger partial charge in [0.25, 0.3) is 6.17 Å². The first kappa shape index (κ1) is 19.7. The van der Waals surface area contributed by atoms with Crippen LogP contribution in [-0.2, 0) is 14.3 Å². The summed E-state index contributed by atoms with van der Waals surface area (Å²) in [5.74, 6) is 0. The minimum absolute atomic E-state index is 0.0644. The second-order valence-corrected chi connectivity index (χ2v) is 5.75. The Hall–Kier alpha value is -1.38. The van der Waals surface area contributed by atoms with Crippen LogP contribution >= 0.6 is 0 Å². The topological polar surface area (TPSA) is 49.9 Å². The zero-order valence-corrected chi connectivity index (χ0v) is 11.6. The summed E-state index contributed by atoms with van der Waals surface area (Å²) < 4.78 is 138. The van der Waals surface area contributed by atoms with Crippen LogP contribution in [0.4, 0.5) is 39.5 Å². The van der Waals surface area contributed by atoms with Gasteiger partial charge in [0, 0.05) is 19.4 Å². The summed E-state index contributed by atoms with van der Waals surface area (Å²) in [5.41, 5.74) is -6.02. The van der Waals surface area contributed by atoms with Gasteiger partial charge in [-0.3, -0.25) is 4.90 Å². The summed E-state index contributed by atoms with van der Waals surface area (Å²) in [5, 5.41) is 0. The van der Waals surface area contributed by atoms with Gasteiger partial charge in [-0.15, -0.1) is 0 Å². The van der Waals surface area contributed by atoms with Crippen LogP contribution in [-0.4, -0.2) is 55.5 Å². The highest BCUT2D eigenvalue weighted by Crippen LogP contribution is 2.41. The Bertz CT molecular complexity index is 570. The summed E-state index contributed by atoms with van der Waals surface area (Å²) in [6.07, 6.45) is -13.2. The molecule has 2 atom stereocenters. The van der Waals surface area contributed by atoms with E-state index in [4.69, 9.17) is 0 Å². The van der Waals surface area contributed by atoms with Gasteiger partial charge in [0.2, 0.25) is 6.35 Å². The lowest BCUT2D eigenvalue weighted by molar-refractivity contribution is -0.299. The van der Waals surface area contributed by atoms with E-state index in [2.05, 4.69) is 4.18 Å². The fourth-order valence-electron chi connectivity index (χ4n) is 1.38. The van der Waals surface area contributed by atoms with Gasteiger partial charge in [-0.05, 0) is 0 Å². The van der Waals surface area contributed by atoms with E-state index in [1.54, 1.807) is 0 Å². The van der Waals surface area contributed by atoms with Crippen LogP contribution in [0.1, 0.15) is 0 Å². The monoisotopic (exact) mass is 382 g/mol. The smallest absolute Gasteiger partial charge is 0.336 e. The Morgan fingerprint density at radius 2 is 1.52 bits per heavy atom. The third-order valence-corrected chi connectivity index (χ3v) is 3.47. The second kappa shape index (κ2) is 5.61. The van der Waals surface area contributed by atoms with Gasteiger partial charge in [-0.25, -0.2) is 8.57 Å². The molecule has 0 aromatic rings. The molecular formula is C8H7F9N2O3S. The van der Waals surface area contributed by atoms with Gasteiger partial charge in [-0.1, -0.05) is 0 Å². The van der Waals surface area contributed by atoms with Crippen molar-refractivity contribution in [3.8, 4) is 0 Å². The standard InChI is InChI=1S/C8H7F9N2O3S/c1-18-2-3-19(7(13,14)4(9)6(10,11)12)5(18)22-23(20,21)8(15,16)17/h2-5H,1H3. The van der Waals surface area contributed by atoms with E-state index in [0.717, 1.165) is 7.05 Å². The van der Waals surface area contributed by atoms with Gasteiger partial charge in [0.1, 0.15) is 0 Å². The molecule has 0 radical (unpaired) electrons. The van der Waals surface area contributed by atoms with Gasteiger partial charge in [-0.2, -0.15) is 43.5 Å². The third-order valence-electron chi connectivity index (χ3n) is 2.48. The van der Waals surface area contributed by atoms with Crippen LogP contribution in [0.25, 0.3) is 0 Å². The zero-order chi connectivity index (χ0) is 18.4. The van der Waals surface area contributed by atoms with E-state index in [1.165, 1.54) is 0 Å². The number of rotatable bonds is 4. The maximum atomic E-state index is 13.5. The molecule has 0 fully saturated rings. The van der Waals surface area contributed by atoms with Crippen molar-refractivity contribution in [2.75, 3.05) is 7.05 Å². The van der Waals surface area contributed by atoms with Crippen molar-refractivity contribution >= 4 is 10.1 Å². The highest BCUT2D eigenvalue weighted by atomic mass is 32.2. The van der Waals surface area contributed by atoms with E-state index < -0.39 is 45.3 Å². The highest BCUT2D eigenvalue weighted by Gasteiger charge is 2.63. The molecule has 1 rings (SSSR count). The first-order valence-corrected chi connectivity index (χ1v) is 6.69.